The van der Waals surface area contributed by atoms with Gasteiger partial charge in [-0.05, 0) is 44.5 Å². The Hall–Kier alpha value is -2.07. The van der Waals surface area contributed by atoms with Crippen LogP contribution in [0.5, 0.6) is 5.75 Å². The van der Waals surface area contributed by atoms with Crippen molar-refractivity contribution in [3.8, 4) is 5.75 Å². The molecule has 108 valence electrons. The smallest absolute Gasteiger partial charge is 0.188 e. The zero-order valence-corrected chi connectivity index (χ0v) is 13.3. The number of rotatable bonds is 4. The standard InChI is InChI=1S/C17H18N2OS/c1-4-20-14-10-11(2)15-16(12(14)3)21-17(19-15)18-13-8-6-5-7-9-13/h5-10H,4H2,1-3H3,(H,18,19). The number of aryl methyl sites for hydroxylation is 2. The van der Waals surface area contributed by atoms with E-state index in [1.54, 1.807) is 11.3 Å². The van der Waals surface area contributed by atoms with E-state index in [-0.39, 0.29) is 0 Å². The fourth-order valence-corrected chi connectivity index (χ4v) is 3.39. The molecule has 1 aromatic heterocycles. The first kappa shape index (κ1) is 13.9. The molecule has 0 fully saturated rings. The number of nitrogens with one attached hydrogen (secondary N) is 1. The number of fused-ring (bicyclic) bond motifs is 1. The van der Waals surface area contributed by atoms with Gasteiger partial charge in [0.05, 0.1) is 16.8 Å². The molecule has 0 aliphatic rings. The SMILES string of the molecule is CCOc1cc(C)c2nc(Nc3ccccc3)sc2c1C. The molecule has 0 amide bonds. The predicted octanol–water partition coefficient (Wildman–Crippen LogP) is 5.06. The van der Waals surface area contributed by atoms with Gasteiger partial charge in [-0.15, -0.1) is 0 Å². The van der Waals surface area contributed by atoms with Crippen molar-refractivity contribution in [3.05, 3.63) is 47.5 Å². The maximum atomic E-state index is 5.71. The second-order valence-electron chi connectivity index (χ2n) is 4.94. The van der Waals surface area contributed by atoms with Crippen molar-refractivity contribution in [1.82, 2.24) is 4.98 Å². The number of nitrogens with zero attached hydrogens (tertiary/aromatic N) is 1. The summed E-state index contributed by atoms with van der Waals surface area (Å²) in [5.74, 6) is 0.956. The number of para-hydroxylation sites is 1. The molecule has 0 aliphatic heterocycles. The second-order valence-corrected chi connectivity index (χ2v) is 5.94. The average molecular weight is 298 g/mol. The van der Waals surface area contributed by atoms with Crippen LogP contribution in [-0.4, -0.2) is 11.6 Å². The van der Waals surface area contributed by atoms with Crippen LogP contribution in [0.1, 0.15) is 18.1 Å². The summed E-state index contributed by atoms with van der Waals surface area (Å²) in [6, 6.07) is 12.2. The topological polar surface area (TPSA) is 34.1 Å². The van der Waals surface area contributed by atoms with E-state index in [1.165, 1.54) is 4.70 Å². The summed E-state index contributed by atoms with van der Waals surface area (Å²) in [5.41, 5.74) is 4.42. The molecule has 4 heteroatoms. The molecular weight excluding hydrogens is 280 g/mol. The normalized spacial score (nSPS) is 10.8. The third-order valence-corrected chi connectivity index (χ3v) is 4.47. The van der Waals surface area contributed by atoms with Gasteiger partial charge in [0, 0.05) is 11.3 Å². The van der Waals surface area contributed by atoms with Crippen LogP contribution >= 0.6 is 11.3 Å². The van der Waals surface area contributed by atoms with Gasteiger partial charge in [-0.2, -0.15) is 0 Å². The summed E-state index contributed by atoms with van der Waals surface area (Å²) in [4.78, 5) is 4.72. The maximum absolute atomic E-state index is 5.71. The Morgan fingerprint density at radius 1 is 1.19 bits per heavy atom. The summed E-state index contributed by atoms with van der Waals surface area (Å²) in [6.45, 7) is 6.86. The van der Waals surface area contributed by atoms with E-state index in [1.807, 2.05) is 37.3 Å². The monoisotopic (exact) mass is 298 g/mol. The maximum Gasteiger partial charge on any atom is 0.188 e. The minimum Gasteiger partial charge on any atom is -0.494 e. The van der Waals surface area contributed by atoms with E-state index in [2.05, 4.69) is 25.2 Å². The van der Waals surface area contributed by atoms with E-state index in [9.17, 15) is 0 Å². The number of hydrogen-bond acceptors (Lipinski definition) is 4. The van der Waals surface area contributed by atoms with Crippen LogP contribution in [0.2, 0.25) is 0 Å². The first-order valence-corrected chi connectivity index (χ1v) is 7.86. The summed E-state index contributed by atoms with van der Waals surface area (Å²) < 4.78 is 6.90. The first-order valence-electron chi connectivity index (χ1n) is 7.04. The van der Waals surface area contributed by atoms with Gasteiger partial charge in [-0.1, -0.05) is 29.5 Å². The molecule has 1 N–H and O–H groups in total. The lowest BCUT2D eigenvalue weighted by Crippen LogP contribution is -1.95. The van der Waals surface area contributed by atoms with Gasteiger partial charge in [-0.25, -0.2) is 4.98 Å². The van der Waals surface area contributed by atoms with Crippen molar-refractivity contribution >= 4 is 32.4 Å². The van der Waals surface area contributed by atoms with E-state index in [0.717, 1.165) is 33.2 Å². The average Bonchev–Trinajstić information content (AvgIpc) is 2.90. The van der Waals surface area contributed by atoms with Gasteiger partial charge < -0.3 is 10.1 Å². The molecular formula is C17H18N2OS. The zero-order valence-electron chi connectivity index (χ0n) is 12.4. The van der Waals surface area contributed by atoms with Crippen LogP contribution in [0, 0.1) is 13.8 Å². The Morgan fingerprint density at radius 2 is 1.95 bits per heavy atom. The minimum absolute atomic E-state index is 0.680. The van der Waals surface area contributed by atoms with Gasteiger partial charge in [0.25, 0.3) is 0 Å². The molecule has 0 atom stereocenters. The highest BCUT2D eigenvalue weighted by Gasteiger charge is 2.13. The fourth-order valence-electron chi connectivity index (χ4n) is 2.33. The van der Waals surface area contributed by atoms with Gasteiger partial charge in [0.15, 0.2) is 5.13 Å². The van der Waals surface area contributed by atoms with Crippen LogP contribution in [0.25, 0.3) is 10.2 Å². The third kappa shape index (κ3) is 2.72. The molecule has 3 aromatic rings. The molecule has 1 heterocycles. The van der Waals surface area contributed by atoms with Crippen molar-refractivity contribution < 1.29 is 4.74 Å². The van der Waals surface area contributed by atoms with Crippen molar-refractivity contribution in [3.63, 3.8) is 0 Å². The number of thiazole rings is 1. The highest BCUT2D eigenvalue weighted by atomic mass is 32.1. The Bertz CT molecular complexity index is 765. The van der Waals surface area contributed by atoms with Gasteiger partial charge >= 0.3 is 0 Å². The van der Waals surface area contributed by atoms with Crippen molar-refractivity contribution in [2.45, 2.75) is 20.8 Å². The Labute approximate surface area is 128 Å². The van der Waals surface area contributed by atoms with Crippen molar-refractivity contribution in [1.29, 1.82) is 0 Å². The molecule has 0 unspecified atom stereocenters. The van der Waals surface area contributed by atoms with Gasteiger partial charge in [0.2, 0.25) is 0 Å². The molecule has 0 saturated heterocycles. The third-order valence-electron chi connectivity index (χ3n) is 3.38. The summed E-state index contributed by atoms with van der Waals surface area (Å²) in [7, 11) is 0. The molecule has 3 nitrogen and oxygen atoms in total. The fraction of sp³-hybridized carbons (Fsp3) is 0.235. The summed E-state index contributed by atoms with van der Waals surface area (Å²) in [5, 5.41) is 4.28. The molecule has 21 heavy (non-hydrogen) atoms. The van der Waals surface area contributed by atoms with Gasteiger partial charge in [-0.3, -0.25) is 0 Å². The summed E-state index contributed by atoms with van der Waals surface area (Å²) >= 11 is 1.67. The molecule has 0 saturated carbocycles. The number of aromatic nitrogens is 1. The van der Waals surface area contributed by atoms with Crippen LogP contribution in [0.4, 0.5) is 10.8 Å². The second kappa shape index (κ2) is 5.74. The number of anilines is 2. The van der Waals surface area contributed by atoms with Crippen molar-refractivity contribution in [2.24, 2.45) is 0 Å². The Balaban J connectivity index is 2.03. The Morgan fingerprint density at radius 3 is 2.67 bits per heavy atom. The zero-order chi connectivity index (χ0) is 14.8. The van der Waals surface area contributed by atoms with Crippen LogP contribution < -0.4 is 10.1 Å². The quantitative estimate of drug-likeness (QED) is 0.731. The van der Waals surface area contributed by atoms with E-state index in [4.69, 9.17) is 9.72 Å². The molecule has 0 spiro atoms. The molecule has 3 rings (SSSR count). The van der Waals surface area contributed by atoms with E-state index >= 15 is 0 Å². The lowest BCUT2D eigenvalue weighted by Gasteiger charge is -2.08. The molecule has 2 aromatic carbocycles. The minimum atomic E-state index is 0.680. The number of benzene rings is 2. The lowest BCUT2D eigenvalue weighted by atomic mass is 10.1. The lowest BCUT2D eigenvalue weighted by molar-refractivity contribution is 0.338. The molecule has 0 aliphatic carbocycles. The largest absolute Gasteiger partial charge is 0.494 e. The van der Waals surface area contributed by atoms with Crippen LogP contribution in [0.3, 0.4) is 0 Å². The highest BCUT2D eigenvalue weighted by Crippen LogP contribution is 2.37. The predicted molar refractivity (Wildman–Crippen MR) is 90.0 cm³/mol. The van der Waals surface area contributed by atoms with Crippen LogP contribution in [0.15, 0.2) is 36.4 Å². The Kier molecular flexibility index (Phi) is 3.80. The van der Waals surface area contributed by atoms with E-state index < -0.39 is 0 Å². The van der Waals surface area contributed by atoms with E-state index in [0.29, 0.717) is 6.61 Å². The highest BCUT2D eigenvalue weighted by molar-refractivity contribution is 7.22. The number of hydrogen-bond donors (Lipinski definition) is 1. The van der Waals surface area contributed by atoms with Gasteiger partial charge in [0.1, 0.15) is 5.75 Å². The molecule has 0 radical (unpaired) electrons. The van der Waals surface area contributed by atoms with Crippen LogP contribution in [-0.2, 0) is 0 Å². The summed E-state index contributed by atoms with van der Waals surface area (Å²) in [6.07, 6.45) is 0. The van der Waals surface area contributed by atoms with Crippen molar-refractivity contribution in [2.75, 3.05) is 11.9 Å². The molecule has 0 bridgehead atoms. The number of ether oxygens (including phenoxy) is 1. The first-order chi connectivity index (χ1) is 10.2.